The fourth-order valence-corrected chi connectivity index (χ4v) is 10.2. The number of H-pyrrole nitrogens is 2. The molecule has 6 aromatic rings. The predicted molar refractivity (Wildman–Crippen MR) is 247 cm³/mol. The summed E-state index contributed by atoms with van der Waals surface area (Å²) >= 11 is 0. The fourth-order valence-electron chi connectivity index (χ4n) is 10.2. The molecule has 340 valence electrons. The number of alkyl carbamates (subject to hydrolysis) is 2. The lowest BCUT2D eigenvalue weighted by atomic mass is 9.90. The maximum absolute atomic E-state index is 14.3. The largest absolute Gasteiger partial charge is 0.453 e. The molecule has 15 nitrogen and oxygen atoms in total. The molecule has 66 heavy (non-hydrogen) atoms. The van der Waals surface area contributed by atoms with E-state index in [4.69, 9.17) is 24.2 Å². The van der Waals surface area contributed by atoms with Gasteiger partial charge in [0.15, 0.2) is 0 Å². The second-order valence-corrected chi connectivity index (χ2v) is 18.1. The number of aromatic amines is 2. The van der Waals surface area contributed by atoms with Crippen LogP contribution in [0.3, 0.4) is 0 Å². The quantitative estimate of drug-likeness (QED) is 0.0995. The van der Waals surface area contributed by atoms with Gasteiger partial charge in [-0.05, 0) is 101 Å². The molecule has 5 heterocycles. The summed E-state index contributed by atoms with van der Waals surface area (Å²) in [7, 11) is 2.61. The highest BCUT2D eigenvalue weighted by Crippen LogP contribution is 2.58. The van der Waals surface area contributed by atoms with Crippen molar-refractivity contribution >= 4 is 34.8 Å². The maximum atomic E-state index is 14.3. The Hall–Kier alpha value is -7.00. The van der Waals surface area contributed by atoms with Crippen molar-refractivity contribution in [1.82, 2.24) is 40.4 Å². The van der Waals surface area contributed by atoms with Crippen molar-refractivity contribution in [2.24, 2.45) is 11.3 Å². The smallest absolute Gasteiger partial charge is 0.407 e. The lowest BCUT2D eigenvalue weighted by molar-refractivity contribution is -0.137. The number of fused-ring (bicyclic) bond motifs is 1. The minimum Gasteiger partial charge on any atom is -0.453 e. The van der Waals surface area contributed by atoms with E-state index in [1.807, 2.05) is 47.6 Å². The number of carbonyl (C=O) groups excluding carboxylic acids is 4. The minimum absolute atomic E-state index is 0.0293. The van der Waals surface area contributed by atoms with Gasteiger partial charge in [0.25, 0.3) is 5.91 Å². The molecule has 0 radical (unpaired) electrons. The first-order chi connectivity index (χ1) is 32.2. The van der Waals surface area contributed by atoms with Crippen LogP contribution in [-0.2, 0) is 23.8 Å². The van der Waals surface area contributed by atoms with Crippen LogP contribution < -0.4 is 10.6 Å². The molecule has 4 N–H and O–H groups in total. The SMILES string of the molecule is COC(=O)NC(C(=O)N1CCCC1c1ncc(-c2ccc3cc(-c4ccc(-c5cnc(C6CC7(CC7)CN6C(=O)C(NC(=O)OC)C6CCOCC6)[nH]5)cc4)ccc3c2)[nH]1)c1ccccc1. The third kappa shape index (κ3) is 8.62. The lowest BCUT2D eigenvalue weighted by Gasteiger charge is -2.34. The van der Waals surface area contributed by atoms with E-state index < -0.39 is 24.3 Å². The number of hydrogen-bond donors (Lipinski definition) is 4. The highest BCUT2D eigenvalue weighted by Gasteiger charge is 2.55. The third-order valence-electron chi connectivity index (χ3n) is 14.1. The first kappa shape index (κ1) is 42.9. The molecule has 4 unspecified atom stereocenters. The lowest BCUT2D eigenvalue weighted by Crippen LogP contribution is -2.53. The Morgan fingerprint density at radius 3 is 1.98 bits per heavy atom. The summed E-state index contributed by atoms with van der Waals surface area (Å²) in [5, 5.41) is 7.77. The molecule has 4 aromatic carbocycles. The molecule has 1 saturated carbocycles. The van der Waals surface area contributed by atoms with Crippen LogP contribution in [0.25, 0.3) is 44.4 Å². The van der Waals surface area contributed by atoms with Crippen molar-refractivity contribution in [1.29, 1.82) is 0 Å². The van der Waals surface area contributed by atoms with Gasteiger partial charge in [0.05, 0.1) is 50.1 Å². The molecule has 4 fully saturated rings. The highest BCUT2D eigenvalue weighted by atomic mass is 16.5. The van der Waals surface area contributed by atoms with Gasteiger partial charge in [0, 0.05) is 31.9 Å². The van der Waals surface area contributed by atoms with Crippen LogP contribution in [0.4, 0.5) is 9.59 Å². The zero-order valence-electron chi connectivity index (χ0n) is 37.1. The van der Waals surface area contributed by atoms with Crippen LogP contribution in [0.15, 0.2) is 103 Å². The number of hydrogen-bond acceptors (Lipinski definition) is 9. The van der Waals surface area contributed by atoms with Crippen LogP contribution in [0.1, 0.15) is 80.3 Å². The normalized spacial score (nSPS) is 20.0. The molecule has 0 bridgehead atoms. The molecule has 3 aliphatic heterocycles. The second-order valence-electron chi connectivity index (χ2n) is 18.1. The summed E-state index contributed by atoms with van der Waals surface area (Å²) in [6.07, 6.45) is 8.36. The fraction of sp³-hybridized carbons (Fsp3) is 0.373. The van der Waals surface area contributed by atoms with E-state index in [1.165, 1.54) is 14.2 Å². The molecular formula is C51H54N8O7. The van der Waals surface area contributed by atoms with Gasteiger partial charge in [-0.1, -0.05) is 78.9 Å². The van der Waals surface area contributed by atoms with Gasteiger partial charge in [0.2, 0.25) is 5.91 Å². The van der Waals surface area contributed by atoms with Crippen LogP contribution in [0.5, 0.6) is 0 Å². The number of rotatable bonds is 11. The number of nitrogens with zero attached hydrogens (tertiary/aromatic N) is 4. The average Bonchev–Trinajstić information content (AvgIpc) is 3.90. The number of imidazole rings is 2. The third-order valence-corrected chi connectivity index (χ3v) is 14.1. The molecule has 4 atom stereocenters. The summed E-state index contributed by atoms with van der Waals surface area (Å²) in [5.74, 6) is 1.14. The zero-order valence-corrected chi connectivity index (χ0v) is 37.1. The first-order valence-electron chi connectivity index (χ1n) is 22.9. The Morgan fingerprint density at radius 1 is 0.697 bits per heavy atom. The van der Waals surface area contributed by atoms with E-state index in [0.717, 1.165) is 82.3 Å². The second kappa shape index (κ2) is 18.1. The molecular weight excluding hydrogens is 837 g/mol. The number of methoxy groups -OCH3 is 2. The zero-order chi connectivity index (χ0) is 45.4. The van der Waals surface area contributed by atoms with Crippen molar-refractivity contribution in [3.05, 3.63) is 121 Å². The standard InChI is InChI=1S/C51H54N8O7/c1-64-49(62)56-43(33-7-4-3-5-8-33)47(60)58-22-6-9-41(58)45-52-29-40(55-45)38-17-16-36-25-35(14-15-37(36)26-38)31-10-12-32(13-11-31)39-28-53-46(54-39)42-27-51(20-21-51)30-59(42)48(61)44(57-50(63)65-2)34-18-23-66-24-19-34/h3-5,7-8,10-17,25-26,28-29,34,41-44H,6,9,18-24,27,30H2,1-2H3,(H,52,55)(H,53,54)(H,56,62)(H,57,63). The summed E-state index contributed by atoms with van der Waals surface area (Å²) in [6, 6.07) is 28.4. The minimum atomic E-state index is -0.883. The number of ether oxygens (including phenoxy) is 3. The van der Waals surface area contributed by atoms with E-state index in [1.54, 1.807) is 4.90 Å². The Morgan fingerprint density at radius 2 is 1.30 bits per heavy atom. The van der Waals surface area contributed by atoms with Crippen molar-refractivity contribution < 1.29 is 33.4 Å². The Balaban J connectivity index is 0.822. The Bertz CT molecular complexity index is 2740. The highest BCUT2D eigenvalue weighted by molar-refractivity contribution is 5.91. The molecule has 3 saturated heterocycles. The van der Waals surface area contributed by atoms with Gasteiger partial charge in [0.1, 0.15) is 23.7 Å². The van der Waals surface area contributed by atoms with Crippen LogP contribution >= 0.6 is 0 Å². The Kier molecular flexibility index (Phi) is 11.8. The van der Waals surface area contributed by atoms with E-state index in [-0.39, 0.29) is 35.2 Å². The van der Waals surface area contributed by atoms with E-state index in [2.05, 4.69) is 81.3 Å². The van der Waals surface area contributed by atoms with Gasteiger partial charge in [-0.15, -0.1) is 0 Å². The molecule has 15 heteroatoms. The Labute approximate surface area is 382 Å². The number of nitrogens with one attached hydrogen (secondary N) is 4. The number of likely N-dealkylation sites (tertiary alicyclic amines) is 2. The molecule has 2 aromatic heterocycles. The maximum Gasteiger partial charge on any atom is 0.407 e. The summed E-state index contributed by atoms with van der Waals surface area (Å²) in [5.41, 5.74) is 6.66. The van der Waals surface area contributed by atoms with Gasteiger partial charge in [-0.2, -0.15) is 0 Å². The monoisotopic (exact) mass is 890 g/mol. The van der Waals surface area contributed by atoms with E-state index >= 15 is 0 Å². The van der Waals surface area contributed by atoms with Crippen molar-refractivity contribution in [3.8, 4) is 33.6 Å². The van der Waals surface area contributed by atoms with Gasteiger partial charge in [-0.25, -0.2) is 19.6 Å². The molecule has 4 aliphatic rings. The summed E-state index contributed by atoms with van der Waals surface area (Å²) in [4.78, 5) is 73.4. The first-order valence-corrected chi connectivity index (χ1v) is 22.9. The van der Waals surface area contributed by atoms with Gasteiger partial charge >= 0.3 is 12.2 Å². The molecule has 10 rings (SSSR count). The van der Waals surface area contributed by atoms with Crippen LogP contribution in [0, 0.1) is 11.3 Å². The molecule has 1 aliphatic carbocycles. The van der Waals surface area contributed by atoms with Crippen molar-refractivity contribution in [3.63, 3.8) is 0 Å². The average molecular weight is 891 g/mol. The van der Waals surface area contributed by atoms with Crippen LogP contribution in [0.2, 0.25) is 0 Å². The topological polar surface area (TPSA) is 184 Å². The van der Waals surface area contributed by atoms with E-state index in [0.29, 0.717) is 50.5 Å². The van der Waals surface area contributed by atoms with Gasteiger partial charge in [-0.3, -0.25) is 9.59 Å². The number of aromatic nitrogens is 4. The van der Waals surface area contributed by atoms with E-state index in [9.17, 15) is 19.2 Å². The summed E-state index contributed by atoms with van der Waals surface area (Å²) in [6.45, 7) is 2.33. The summed E-state index contributed by atoms with van der Waals surface area (Å²) < 4.78 is 15.3. The number of benzene rings is 4. The van der Waals surface area contributed by atoms with Crippen molar-refractivity contribution in [2.75, 3.05) is 40.5 Å². The predicted octanol–water partition coefficient (Wildman–Crippen LogP) is 8.25. The van der Waals surface area contributed by atoms with Crippen LogP contribution in [-0.4, -0.2) is 100 Å². The van der Waals surface area contributed by atoms with Gasteiger partial charge < -0.3 is 44.6 Å². The number of carbonyl (C=O) groups is 4. The molecule has 4 amide bonds. The van der Waals surface area contributed by atoms with Crippen molar-refractivity contribution in [2.45, 2.75) is 69.1 Å². The number of amides is 4. The molecule has 1 spiro atoms.